The molecule has 0 aromatic rings. The maximum Gasteiger partial charge on any atom is 0.226 e. The second-order valence-corrected chi connectivity index (χ2v) is 11.8. The maximum absolute atomic E-state index is 11.9. The molecule has 1 aliphatic carbocycles. The van der Waals surface area contributed by atoms with Gasteiger partial charge in [0.2, 0.25) is 11.8 Å². The summed E-state index contributed by atoms with van der Waals surface area (Å²) in [5.74, 6) is -0.193. The molecule has 2 radical (unpaired) electrons. The van der Waals surface area contributed by atoms with Gasteiger partial charge in [0.25, 0.3) is 0 Å². The highest BCUT2D eigenvalue weighted by Crippen LogP contribution is 2.43. The molecule has 186 valence electrons. The van der Waals surface area contributed by atoms with Gasteiger partial charge >= 0.3 is 0 Å². The molecule has 1 saturated carbocycles. The fraction of sp³-hybridized carbons (Fsp3) is 0.929. The zero-order valence-corrected chi connectivity index (χ0v) is 22.0. The molecule has 0 atom stereocenters. The number of imide groups is 1. The number of hydrogen-bond donors (Lipinski definition) is 1. The fourth-order valence-corrected chi connectivity index (χ4v) is 5.72. The summed E-state index contributed by atoms with van der Waals surface area (Å²) in [6.45, 7) is 4.91. The zero-order valence-electron chi connectivity index (χ0n) is 22.0. The second-order valence-electron chi connectivity index (χ2n) is 11.8. The number of carbonyl (C=O) groups excluding carboxylic acids is 2. The van der Waals surface area contributed by atoms with E-state index < -0.39 is 0 Å². The molecule has 33 heavy (non-hydrogen) atoms. The Kier molecular flexibility index (Phi) is 13.9. The van der Waals surface area contributed by atoms with Crippen LogP contribution in [0.3, 0.4) is 0 Å². The Balaban J connectivity index is 1.91. The lowest BCUT2D eigenvalue weighted by Gasteiger charge is -2.36. The van der Waals surface area contributed by atoms with Crippen molar-refractivity contribution in [2.45, 2.75) is 166 Å². The van der Waals surface area contributed by atoms with E-state index in [2.05, 4.69) is 33.5 Å². The lowest BCUT2D eigenvalue weighted by molar-refractivity contribution is -0.130. The summed E-state index contributed by atoms with van der Waals surface area (Å²) >= 11 is 0. The van der Waals surface area contributed by atoms with Crippen molar-refractivity contribution in [1.82, 2.24) is 5.32 Å². The normalized spacial score (nSPS) is 25.3. The Morgan fingerprint density at radius 2 is 0.758 bits per heavy atom. The lowest BCUT2D eigenvalue weighted by Crippen LogP contribution is -2.32. The van der Waals surface area contributed by atoms with E-state index in [9.17, 15) is 9.59 Å². The minimum atomic E-state index is -0.0965. The first-order valence-electron chi connectivity index (χ1n) is 14.4. The van der Waals surface area contributed by atoms with Crippen molar-refractivity contribution in [2.75, 3.05) is 0 Å². The van der Waals surface area contributed by atoms with E-state index in [0.717, 1.165) is 38.5 Å². The summed E-state index contributed by atoms with van der Waals surface area (Å²) in [5, 5.41) is 3.03. The first-order chi connectivity index (χ1) is 15.9. The number of nitrogens with one attached hydrogen (secondary N) is 1. The molecule has 2 amide bonds. The topological polar surface area (TPSA) is 46.2 Å². The molecule has 1 aliphatic heterocycles. The first kappa shape index (κ1) is 28.5. The molecular formula is C28H51B2NO2. The molecule has 3 nitrogen and oxygen atoms in total. The van der Waals surface area contributed by atoms with Gasteiger partial charge < -0.3 is 0 Å². The van der Waals surface area contributed by atoms with Crippen LogP contribution < -0.4 is 5.32 Å². The van der Waals surface area contributed by atoms with Crippen molar-refractivity contribution >= 4 is 26.2 Å². The Labute approximate surface area is 206 Å². The minimum Gasteiger partial charge on any atom is -0.296 e. The molecule has 2 fully saturated rings. The predicted molar refractivity (Wildman–Crippen MR) is 143 cm³/mol. The third-order valence-electron chi connectivity index (χ3n) is 8.22. The molecule has 0 aromatic heterocycles. The van der Waals surface area contributed by atoms with Crippen LogP contribution in [0.15, 0.2) is 0 Å². The predicted octanol–water partition coefficient (Wildman–Crippen LogP) is 7.92. The smallest absolute Gasteiger partial charge is 0.226 e. The van der Waals surface area contributed by atoms with Gasteiger partial charge in [-0.05, 0) is 12.8 Å². The number of hydrogen-bond acceptors (Lipinski definition) is 2. The molecule has 0 spiro atoms. The summed E-state index contributed by atoms with van der Waals surface area (Å²) in [6, 6.07) is 0. The van der Waals surface area contributed by atoms with Crippen molar-refractivity contribution in [1.29, 1.82) is 0 Å². The molecule has 5 heteroatoms. The van der Waals surface area contributed by atoms with E-state index in [1.807, 2.05) is 0 Å². The largest absolute Gasteiger partial charge is 0.296 e. The third kappa shape index (κ3) is 13.1. The van der Waals surface area contributed by atoms with E-state index in [0.29, 0.717) is 18.2 Å². The van der Waals surface area contributed by atoms with Gasteiger partial charge in [-0.3, -0.25) is 14.9 Å². The minimum absolute atomic E-state index is 0.0965. The summed E-state index contributed by atoms with van der Waals surface area (Å²) < 4.78 is 0. The van der Waals surface area contributed by atoms with Crippen LogP contribution in [-0.2, 0) is 9.59 Å². The van der Waals surface area contributed by atoms with Crippen LogP contribution in [0, 0.1) is 0 Å². The highest BCUT2D eigenvalue weighted by atomic mass is 16.2. The van der Waals surface area contributed by atoms with E-state index in [4.69, 9.17) is 0 Å². The average molecular weight is 455 g/mol. The Morgan fingerprint density at radius 1 is 0.485 bits per heavy atom. The molecule has 2 rings (SSSR count). The van der Waals surface area contributed by atoms with Gasteiger partial charge in [-0.25, -0.2) is 0 Å². The van der Waals surface area contributed by atoms with Crippen molar-refractivity contribution in [3.63, 3.8) is 0 Å². The van der Waals surface area contributed by atoms with Crippen LogP contribution in [-0.4, -0.2) is 26.2 Å². The Morgan fingerprint density at radius 3 is 1.09 bits per heavy atom. The molecule has 0 aromatic carbocycles. The molecular weight excluding hydrogens is 404 g/mol. The van der Waals surface area contributed by atoms with Crippen LogP contribution >= 0.6 is 0 Å². The number of carbonyl (C=O) groups is 2. The summed E-state index contributed by atoms with van der Waals surface area (Å²) in [7, 11) is 5.14. The Hall–Kier alpha value is -0.730. The summed E-state index contributed by atoms with van der Waals surface area (Å²) in [6.07, 6.45) is 26.6. The van der Waals surface area contributed by atoms with Gasteiger partial charge in [0.15, 0.2) is 0 Å². The first-order valence-corrected chi connectivity index (χ1v) is 14.4. The van der Waals surface area contributed by atoms with Gasteiger partial charge in [0.05, 0.1) is 14.3 Å². The number of amides is 2. The fourth-order valence-electron chi connectivity index (χ4n) is 5.72. The average Bonchev–Trinajstić information content (AvgIpc) is 2.79. The molecule has 0 unspecified atom stereocenters. The molecule has 2 aliphatic rings. The summed E-state index contributed by atoms with van der Waals surface area (Å²) in [5.41, 5.74) is 0. The van der Waals surface area contributed by atoms with Gasteiger partial charge in [0, 0.05) is 12.8 Å². The van der Waals surface area contributed by atoms with Gasteiger partial charge in [-0.1, -0.05) is 140 Å². The van der Waals surface area contributed by atoms with Crippen LogP contribution in [0.5, 0.6) is 0 Å². The third-order valence-corrected chi connectivity index (χ3v) is 8.22. The molecule has 1 heterocycles. The number of rotatable bonds is 3. The van der Waals surface area contributed by atoms with E-state index in [1.165, 1.54) is 89.9 Å². The van der Waals surface area contributed by atoms with Gasteiger partial charge in [0.1, 0.15) is 0 Å². The van der Waals surface area contributed by atoms with Gasteiger partial charge in [-0.15, -0.1) is 0 Å². The van der Waals surface area contributed by atoms with Crippen molar-refractivity contribution < 1.29 is 9.59 Å². The van der Waals surface area contributed by atoms with Crippen molar-refractivity contribution in [3.8, 4) is 0 Å². The van der Waals surface area contributed by atoms with E-state index in [1.54, 1.807) is 0 Å². The standard InChI is InChI=1S/C28H51B2NO2/c1-27(21-15-11-9-7-5-3-4-6-8-10-12-16-22-27)29-30-28(2)23-17-13-19-25(32)31-26(33)20-14-18-24-28/h3-24H2,1-2H3,(H,31,32,33). The Bertz CT molecular complexity index is 528. The quantitative estimate of drug-likeness (QED) is 0.347. The SMILES string of the molecule is CC1([B][B]C2(C)CCCCC(=O)NC(=O)CCCC2)CCCCCCCCCCCCCC1. The molecule has 0 bridgehead atoms. The highest BCUT2D eigenvalue weighted by molar-refractivity contribution is 7.03. The monoisotopic (exact) mass is 455 g/mol. The van der Waals surface area contributed by atoms with Gasteiger partial charge in [-0.2, -0.15) is 0 Å². The zero-order chi connectivity index (χ0) is 23.8. The van der Waals surface area contributed by atoms with E-state index in [-0.39, 0.29) is 17.1 Å². The van der Waals surface area contributed by atoms with E-state index >= 15 is 0 Å². The lowest BCUT2D eigenvalue weighted by atomic mass is 9.20. The van der Waals surface area contributed by atoms with Crippen LogP contribution in [0.25, 0.3) is 0 Å². The van der Waals surface area contributed by atoms with Crippen molar-refractivity contribution in [3.05, 3.63) is 0 Å². The van der Waals surface area contributed by atoms with Crippen LogP contribution in [0.4, 0.5) is 0 Å². The van der Waals surface area contributed by atoms with Crippen molar-refractivity contribution in [2.24, 2.45) is 0 Å². The maximum atomic E-state index is 11.9. The van der Waals surface area contributed by atoms with Crippen LogP contribution in [0.1, 0.15) is 155 Å². The molecule has 1 N–H and O–H groups in total. The van der Waals surface area contributed by atoms with Crippen LogP contribution in [0.2, 0.25) is 10.6 Å². The second kappa shape index (κ2) is 16.0. The molecule has 1 saturated heterocycles. The summed E-state index contributed by atoms with van der Waals surface area (Å²) in [4.78, 5) is 23.8. The highest BCUT2D eigenvalue weighted by Gasteiger charge is 2.31.